The fraction of sp³-hybridized carbons (Fsp3) is 0.833. The largest absolute Gasteiger partial charge is 0.524 e. The SMILES string of the molecule is CC1(C)OB(C(F)=CC2CCOC2)OC1(C)C. The summed E-state index contributed by atoms with van der Waals surface area (Å²) in [5, 5.41) is 0. The van der Waals surface area contributed by atoms with Crippen LogP contribution in [0, 0.1) is 5.92 Å². The van der Waals surface area contributed by atoms with Crippen molar-refractivity contribution in [2.75, 3.05) is 13.2 Å². The fourth-order valence-electron chi connectivity index (χ4n) is 1.94. The number of hydrogen-bond acceptors (Lipinski definition) is 3. The van der Waals surface area contributed by atoms with Crippen LogP contribution in [0.15, 0.2) is 11.8 Å². The van der Waals surface area contributed by atoms with Crippen LogP contribution in [0.2, 0.25) is 0 Å². The standard InChI is InChI=1S/C12H20BFO3/c1-11(2)12(3,4)17-13(16-11)10(14)7-9-5-6-15-8-9/h7,9H,5-6,8H2,1-4H3. The molecule has 0 N–H and O–H groups in total. The van der Waals surface area contributed by atoms with Crippen molar-refractivity contribution in [1.29, 1.82) is 0 Å². The van der Waals surface area contributed by atoms with Crippen LogP contribution in [-0.4, -0.2) is 31.5 Å². The molecular formula is C12H20BFO3. The molecule has 0 aliphatic carbocycles. The Bertz CT molecular complexity index is 306. The highest BCUT2D eigenvalue weighted by Gasteiger charge is 2.53. The van der Waals surface area contributed by atoms with Crippen LogP contribution in [0.3, 0.4) is 0 Å². The Morgan fingerprint density at radius 3 is 2.29 bits per heavy atom. The molecular weight excluding hydrogens is 222 g/mol. The van der Waals surface area contributed by atoms with Gasteiger partial charge in [0.25, 0.3) is 0 Å². The maximum absolute atomic E-state index is 14.0. The maximum atomic E-state index is 14.0. The summed E-state index contributed by atoms with van der Waals surface area (Å²) < 4.78 is 30.5. The summed E-state index contributed by atoms with van der Waals surface area (Å²) in [4.78, 5) is 0. The van der Waals surface area contributed by atoms with Gasteiger partial charge in [0.1, 0.15) is 5.73 Å². The zero-order valence-corrected chi connectivity index (χ0v) is 11.0. The molecule has 2 rings (SSSR count). The van der Waals surface area contributed by atoms with Crippen LogP contribution in [0.1, 0.15) is 34.1 Å². The summed E-state index contributed by atoms with van der Waals surface area (Å²) in [5.74, 6) is 0.147. The molecule has 17 heavy (non-hydrogen) atoms. The molecule has 0 aromatic carbocycles. The van der Waals surface area contributed by atoms with Gasteiger partial charge in [0, 0.05) is 12.5 Å². The Morgan fingerprint density at radius 2 is 1.82 bits per heavy atom. The van der Waals surface area contributed by atoms with E-state index in [9.17, 15) is 4.39 Å². The Kier molecular flexibility index (Phi) is 3.36. The molecule has 0 aromatic heterocycles. The van der Waals surface area contributed by atoms with Crippen molar-refractivity contribution < 1.29 is 18.4 Å². The molecule has 0 aromatic rings. The van der Waals surface area contributed by atoms with Gasteiger partial charge in [-0.15, -0.1) is 0 Å². The van der Waals surface area contributed by atoms with Gasteiger partial charge in [-0.25, -0.2) is 4.39 Å². The minimum Gasteiger partial charge on any atom is -0.398 e. The van der Waals surface area contributed by atoms with Gasteiger partial charge in [-0.1, -0.05) is 6.08 Å². The van der Waals surface area contributed by atoms with E-state index in [0.717, 1.165) is 6.42 Å². The molecule has 5 heteroatoms. The second kappa shape index (κ2) is 4.37. The van der Waals surface area contributed by atoms with Gasteiger partial charge < -0.3 is 14.0 Å². The van der Waals surface area contributed by atoms with Crippen molar-refractivity contribution in [3.8, 4) is 0 Å². The minimum absolute atomic E-state index is 0.147. The van der Waals surface area contributed by atoms with Gasteiger partial charge in [0.2, 0.25) is 0 Å². The molecule has 2 saturated heterocycles. The predicted molar refractivity (Wildman–Crippen MR) is 64.2 cm³/mol. The topological polar surface area (TPSA) is 27.7 Å². The van der Waals surface area contributed by atoms with E-state index in [0.29, 0.717) is 13.2 Å². The summed E-state index contributed by atoms with van der Waals surface area (Å²) in [5.41, 5.74) is -1.32. The van der Waals surface area contributed by atoms with Gasteiger partial charge in [-0.2, -0.15) is 0 Å². The third-order valence-corrected chi connectivity index (χ3v) is 3.84. The van der Waals surface area contributed by atoms with E-state index in [4.69, 9.17) is 14.0 Å². The molecule has 0 radical (unpaired) electrons. The van der Waals surface area contributed by atoms with Gasteiger partial charge in [-0.3, -0.25) is 0 Å². The maximum Gasteiger partial charge on any atom is 0.524 e. The molecule has 2 aliphatic heterocycles. The van der Waals surface area contributed by atoms with E-state index in [1.165, 1.54) is 0 Å². The first kappa shape index (κ1) is 13.1. The summed E-state index contributed by atoms with van der Waals surface area (Å²) in [6.45, 7) is 8.96. The van der Waals surface area contributed by atoms with E-state index in [2.05, 4.69) is 0 Å². The van der Waals surface area contributed by atoms with E-state index in [1.54, 1.807) is 6.08 Å². The number of hydrogen-bond donors (Lipinski definition) is 0. The predicted octanol–water partition coefficient (Wildman–Crippen LogP) is 2.51. The third-order valence-electron chi connectivity index (χ3n) is 3.84. The lowest BCUT2D eigenvalue weighted by Crippen LogP contribution is -2.41. The zero-order chi connectivity index (χ0) is 12.7. The first-order chi connectivity index (χ1) is 7.82. The monoisotopic (exact) mass is 242 g/mol. The number of rotatable bonds is 2. The first-order valence-electron chi connectivity index (χ1n) is 6.12. The van der Waals surface area contributed by atoms with E-state index >= 15 is 0 Å². The van der Waals surface area contributed by atoms with E-state index in [1.807, 2.05) is 27.7 Å². The quantitative estimate of drug-likeness (QED) is 0.696. The molecule has 1 atom stereocenters. The lowest BCUT2D eigenvalue weighted by Gasteiger charge is -2.32. The highest BCUT2D eigenvalue weighted by molar-refractivity contribution is 6.53. The Balaban J connectivity index is 2.04. The smallest absolute Gasteiger partial charge is 0.398 e. The summed E-state index contributed by atoms with van der Waals surface area (Å²) in [6, 6.07) is 0. The van der Waals surface area contributed by atoms with Gasteiger partial charge in [0.05, 0.1) is 17.8 Å². The summed E-state index contributed by atoms with van der Waals surface area (Å²) >= 11 is 0. The van der Waals surface area contributed by atoms with Crippen molar-refractivity contribution in [2.45, 2.75) is 45.3 Å². The Morgan fingerprint density at radius 1 is 1.24 bits per heavy atom. The van der Waals surface area contributed by atoms with Crippen LogP contribution in [0.4, 0.5) is 4.39 Å². The molecule has 96 valence electrons. The van der Waals surface area contributed by atoms with Crippen molar-refractivity contribution >= 4 is 7.12 Å². The third kappa shape index (κ3) is 2.56. The molecule has 0 spiro atoms. The normalized spacial score (nSPS) is 32.2. The fourth-order valence-corrected chi connectivity index (χ4v) is 1.94. The van der Waals surface area contributed by atoms with Crippen molar-refractivity contribution in [2.24, 2.45) is 5.92 Å². The molecule has 2 aliphatic rings. The van der Waals surface area contributed by atoms with E-state index < -0.39 is 18.3 Å². The molecule has 0 amide bonds. The average molecular weight is 242 g/mol. The molecule has 2 heterocycles. The van der Waals surface area contributed by atoms with Gasteiger partial charge >= 0.3 is 7.12 Å². The Hall–Kier alpha value is -0.385. The molecule has 3 nitrogen and oxygen atoms in total. The van der Waals surface area contributed by atoms with Crippen LogP contribution in [0.5, 0.6) is 0 Å². The van der Waals surface area contributed by atoms with Crippen molar-refractivity contribution in [3.05, 3.63) is 11.8 Å². The number of ether oxygens (including phenoxy) is 1. The average Bonchev–Trinajstić information content (AvgIpc) is 2.74. The lowest BCUT2D eigenvalue weighted by molar-refractivity contribution is 0.00578. The second-order valence-corrected chi connectivity index (χ2v) is 5.76. The molecule has 0 bridgehead atoms. The summed E-state index contributed by atoms with van der Waals surface area (Å²) in [7, 11) is -0.874. The second-order valence-electron chi connectivity index (χ2n) is 5.76. The van der Waals surface area contributed by atoms with Crippen LogP contribution >= 0.6 is 0 Å². The highest BCUT2D eigenvalue weighted by atomic mass is 19.1. The van der Waals surface area contributed by atoms with E-state index in [-0.39, 0.29) is 11.6 Å². The first-order valence-corrected chi connectivity index (χ1v) is 6.12. The van der Waals surface area contributed by atoms with Crippen molar-refractivity contribution in [1.82, 2.24) is 0 Å². The van der Waals surface area contributed by atoms with Crippen LogP contribution in [-0.2, 0) is 14.0 Å². The van der Waals surface area contributed by atoms with Crippen LogP contribution in [0.25, 0.3) is 0 Å². The minimum atomic E-state index is -0.874. The molecule has 2 fully saturated rings. The summed E-state index contributed by atoms with van der Waals surface area (Å²) in [6.07, 6.45) is 2.45. The zero-order valence-electron chi connectivity index (χ0n) is 11.0. The molecule has 0 saturated carbocycles. The van der Waals surface area contributed by atoms with Crippen LogP contribution < -0.4 is 0 Å². The lowest BCUT2D eigenvalue weighted by atomic mass is 9.85. The Labute approximate surface area is 102 Å². The van der Waals surface area contributed by atoms with Crippen molar-refractivity contribution in [3.63, 3.8) is 0 Å². The number of halogens is 1. The highest BCUT2D eigenvalue weighted by Crippen LogP contribution is 2.39. The van der Waals surface area contributed by atoms with Gasteiger partial charge in [0.15, 0.2) is 0 Å². The van der Waals surface area contributed by atoms with Gasteiger partial charge in [-0.05, 0) is 34.1 Å². The molecule has 1 unspecified atom stereocenters.